The number of benzene rings is 1. The van der Waals surface area contributed by atoms with Crippen LogP contribution in [0.3, 0.4) is 0 Å². The molecule has 0 aliphatic heterocycles. The smallest absolute Gasteiger partial charge is 0.234 e. The van der Waals surface area contributed by atoms with Crippen molar-refractivity contribution in [3.63, 3.8) is 0 Å². The molecular weight excluding hydrogens is 392 g/mol. The van der Waals surface area contributed by atoms with E-state index >= 15 is 0 Å². The van der Waals surface area contributed by atoms with Crippen LogP contribution in [0, 0.1) is 5.41 Å². The fraction of sp³-hybridized carbons (Fsp3) is 0.500. The molecule has 0 spiro atoms. The number of anilines is 1. The number of sulfonamides is 1. The molecule has 0 unspecified atom stereocenters. The SMILES string of the molecule is COc1cc(Cn2cccn2)cc2onc(NS(=O)(=O)CC3(C)CCCCC3)c12. The summed E-state index contributed by atoms with van der Waals surface area (Å²) in [6.07, 6.45) is 8.75. The molecule has 156 valence electrons. The van der Waals surface area contributed by atoms with Gasteiger partial charge in [-0.25, -0.2) is 8.42 Å². The third-order valence-electron chi connectivity index (χ3n) is 5.57. The molecule has 1 fully saturated rings. The topological polar surface area (TPSA) is 99.2 Å². The number of ether oxygens (including phenoxy) is 1. The van der Waals surface area contributed by atoms with Crippen LogP contribution >= 0.6 is 0 Å². The molecule has 0 saturated heterocycles. The monoisotopic (exact) mass is 418 g/mol. The summed E-state index contributed by atoms with van der Waals surface area (Å²) in [6, 6.07) is 5.53. The first-order chi connectivity index (χ1) is 13.9. The van der Waals surface area contributed by atoms with Crippen LogP contribution in [0.4, 0.5) is 5.82 Å². The molecule has 1 aliphatic carbocycles. The Bertz CT molecular complexity index is 1080. The van der Waals surface area contributed by atoms with Gasteiger partial charge in [-0.05, 0) is 42.0 Å². The van der Waals surface area contributed by atoms with Gasteiger partial charge in [-0.15, -0.1) is 0 Å². The van der Waals surface area contributed by atoms with Gasteiger partial charge in [0.2, 0.25) is 10.0 Å². The highest BCUT2D eigenvalue weighted by molar-refractivity contribution is 7.92. The van der Waals surface area contributed by atoms with Crippen molar-refractivity contribution in [1.29, 1.82) is 0 Å². The van der Waals surface area contributed by atoms with Gasteiger partial charge < -0.3 is 9.26 Å². The molecule has 2 heterocycles. The van der Waals surface area contributed by atoms with Gasteiger partial charge in [-0.2, -0.15) is 5.10 Å². The van der Waals surface area contributed by atoms with E-state index in [1.54, 1.807) is 18.0 Å². The largest absolute Gasteiger partial charge is 0.496 e. The van der Waals surface area contributed by atoms with Gasteiger partial charge in [0.05, 0.1) is 19.4 Å². The molecule has 0 amide bonds. The van der Waals surface area contributed by atoms with E-state index < -0.39 is 10.0 Å². The molecule has 1 saturated carbocycles. The summed E-state index contributed by atoms with van der Waals surface area (Å²) in [5.41, 5.74) is 1.18. The van der Waals surface area contributed by atoms with Crippen molar-refractivity contribution in [3.8, 4) is 5.75 Å². The van der Waals surface area contributed by atoms with Crippen LogP contribution in [0.25, 0.3) is 11.0 Å². The van der Waals surface area contributed by atoms with E-state index in [0.717, 1.165) is 31.2 Å². The summed E-state index contributed by atoms with van der Waals surface area (Å²) < 4.78 is 41.0. The predicted octanol–water partition coefficient (Wildman–Crippen LogP) is 3.79. The first-order valence-corrected chi connectivity index (χ1v) is 11.5. The van der Waals surface area contributed by atoms with E-state index in [-0.39, 0.29) is 17.0 Å². The molecule has 8 nitrogen and oxygen atoms in total. The number of fused-ring (bicyclic) bond motifs is 1. The maximum Gasteiger partial charge on any atom is 0.234 e. The van der Waals surface area contributed by atoms with Crippen LogP contribution in [-0.4, -0.2) is 36.2 Å². The fourth-order valence-electron chi connectivity index (χ4n) is 4.18. The molecule has 0 radical (unpaired) electrons. The first-order valence-electron chi connectivity index (χ1n) is 9.82. The molecule has 29 heavy (non-hydrogen) atoms. The average Bonchev–Trinajstić information content (AvgIpc) is 3.31. The second-order valence-corrected chi connectivity index (χ2v) is 9.86. The number of nitrogens with zero attached hydrogens (tertiary/aromatic N) is 3. The lowest BCUT2D eigenvalue weighted by atomic mass is 9.77. The Kier molecular flexibility index (Phi) is 5.24. The highest BCUT2D eigenvalue weighted by Crippen LogP contribution is 2.38. The van der Waals surface area contributed by atoms with Crippen molar-refractivity contribution < 1.29 is 17.7 Å². The van der Waals surface area contributed by atoms with E-state index in [1.807, 2.05) is 24.4 Å². The molecule has 0 bridgehead atoms. The van der Waals surface area contributed by atoms with Crippen molar-refractivity contribution in [2.75, 3.05) is 17.6 Å². The standard InChI is InChI=1S/C20H26N4O4S/c1-20(7-4-3-5-8-20)14-29(25,26)23-19-18-16(27-2)11-15(12-17(18)28-22-19)13-24-10-6-9-21-24/h6,9-12H,3-5,7-8,13-14H2,1-2H3,(H,22,23). The average molecular weight is 419 g/mol. The molecule has 1 aliphatic rings. The number of methoxy groups -OCH3 is 1. The minimum Gasteiger partial charge on any atom is -0.496 e. The van der Waals surface area contributed by atoms with Crippen LogP contribution in [0.5, 0.6) is 5.75 Å². The van der Waals surface area contributed by atoms with Crippen LogP contribution in [-0.2, 0) is 16.6 Å². The second-order valence-electron chi connectivity index (χ2n) is 8.14. The third-order valence-corrected chi connectivity index (χ3v) is 7.15. The zero-order valence-corrected chi connectivity index (χ0v) is 17.5. The molecule has 4 rings (SSSR count). The number of hydrogen-bond acceptors (Lipinski definition) is 6. The lowest BCUT2D eigenvalue weighted by molar-refractivity contribution is 0.247. The van der Waals surface area contributed by atoms with Crippen molar-refractivity contribution in [2.45, 2.75) is 45.6 Å². The van der Waals surface area contributed by atoms with Crippen molar-refractivity contribution in [1.82, 2.24) is 14.9 Å². The Morgan fingerprint density at radius 1 is 1.28 bits per heavy atom. The lowest BCUT2D eigenvalue weighted by Gasteiger charge is -2.32. The second kappa shape index (κ2) is 7.70. The third kappa shape index (κ3) is 4.39. The van der Waals surface area contributed by atoms with Gasteiger partial charge in [0.25, 0.3) is 0 Å². The first kappa shape index (κ1) is 19.8. The lowest BCUT2D eigenvalue weighted by Crippen LogP contribution is -2.32. The maximum absolute atomic E-state index is 12.8. The highest BCUT2D eigenvalue weighted by Gasteiger charge is 2.33. The van der Waals surface area contributed by atoms with Gasteiger partial charge >= 0.3 is 0 Å². The van der Waals surface area contributed by atoms with Gasteiger partial charge in [-0.1, -0.05) is 31.3 Å². The summed E-state index contributed by atoms with van der Waals surface area (Å²) in [6.45, 7) is 2.59. The molecule has 9 heteroatoms. The normalized spacial score (nSPS) is 16.8. The maximum atomic E-state index is 12.8. The summed E-state index contributed by atoms with van der Waals surface area (Å²) >= 11 is 0. The summed E-state index contributed by atoms with van der Waals surface area (Å²) in [5.74, 6) is 0.753. The Morgan fingerprint density at radius 2 is 2.07 bits per heavy atom. The Hall–Kier alpha value is -2.55. The van der Waals surface area contributed by atoms with E-state index in [4.69, 9.17) is 9.26 Å². The zero-order chi connectivity index (χ0) is 20.5. The van der Waals surface area contributed by atoms with Gasteiger partial charge in [-0.3, -0.25) is 9.40 Å². The number of rotatable bonds is 7. The van der Waals surface area contributed by atoms with Crippen molar-refractivity contribution in [2.24, 2.45) is 5.41 Å². The van der Waals surface area contributed by atoms with Crippen LogP contribution in [0.1, 0.15) is 44.6 Å². The fourth-order valence-corrected chi connectivity index (χ4v) is 5.90. The van der Waals surface area contributed by atoms with Crippen molar-refractivity contribution in [3.05, 3.63) is 36.2 Å². The summed E-state index contributed by atoms with van der Waals surface area (Å²) in [5, 5.41) is 8.70. The quantitative estimate of drug-likeness (QED) is 0.627. The zero-order valence-electron chi connectivity index (χ0n) is 16.7. The summed E-state index contributed by atoms with van der Waals surface area (Å²) in [4.78, 5) is 0. The van der Waals surface area contributed by atoms with Gasteiger partial charge in [0, 0.05) is 12.4 Å². The Morgan fingerprint density at radius 3 is 2.76 bits per heavy atom. The number of hydrogen-bond donors (Lipinski definition) is 1. The van der Waals surface area contributed by atoms with Crippen LogP contribution < -0.4 is 9.46 Å². The molecule has 0 atom stereocenters. The van der Waals surface area contributed by atoms with Gasteiger partial charge in [0.15, 0.2) is 11.4 Å². The molecule has 1 aromatic carbocycles. The molecule has 3 aromatic rings. The van der Waals surface area contributed by atoms with Gasteiger partial charge in [0.1, 0.15) is 11.1 Å². The number of nitrogens with one attached hydrogen (secondary N) is 1. The van der Waals surface area contributed by atoms with E-state index in [9.17, 15) is 8.42 Å². The predicted molar refractivity (Wildman–Crippen MR) is 110 cm³/mol. The molecule has 2 aromatic heterocycles. The number of aromatic nitrogens is 3. The van der Waals surface area contributed by atoms with Crippen molar-refractivity contribution >= 4 is 26.8 Å². The van der Waals surface area contributed by atoms with E-state index in [2.05, 4.69) is 21.9 Å². The Labute approximate surface area is 170 Å². The van der Waals surface area contributed by atoms with Crippen LogP contribution in [0.2, 0.25) is 0 Å². The molecule has 1 N–H and O–H groups in total. The highest BCUT2D eigenvalue weighted by atomic mass is 32.2. The minimum atomic E-state index is -3.57. The van der Waals surface area contributed by atoms with Crippen LogP contribution in [0.15, 0.2) is 35.1 Å². The Balaban J connectivity index is 1.60. The minimum absolute atomic E-state index is 0.0774. The van der Waals surface area contributed by atoms with E-state index in [0.29, 0.717) is 23.3 Å². The summed E-state index contributed by atoms with van der Waals surface area (Å²) in [7, 11) is -2.03. The van der Waals surface area contributed by atoms with E-state index in [1.165, 1.54) is 6.42 Å². The molecular formula is C20H26N4O4S.